The van der Waals surface area contributed by atoms with E-state index < -0.39 is 0 Å². The number of fused-ring (bicyclic) bond motifs is 1. The van der Waals surface area contributed by atoms with Gasteiger partial charge in [0, 0.05) is 23.7 Å². The Kier molecular flexibility index (Phi) is 7.20. The third-order valence-corrected chi connectivity index (χ3v) is 5.47. The summed E-state index contributed by atoms with van der Waals surface area (Å²) >= 11 is 6.43. The monoisotopic (exact) mass is 412 g/mol. The number of anilines is 1. The molecular formula is C23H27ClN3O2+. The molecule has 3 rings (SSSR count). The number of methoxy groups -OCH3 is 1. The van der Waals surface area contributed by atoms with Crippen LogP contribution in [0.5, 0.6) is 0 Å². The number of benzene rings is 2. The van der Waals surface area contributed by atoms with E-state index in [0.29, 0.717) is 31.4 Å². The van der Waals surface area contributed by atoms with Gasteiger partial charge in [0.15, 0.2) is 6.54 Å². The Morgan fingerprint density at radius 1 is 1.17 bits per heavy atom. The number of pyridine rings is 1. The first-order chi connectivity index (χ1) is 14.0. The van der Waals surface area contributed by atoms with Crippen molar-refractivity contribution in [3.63, 3.8) is 0 Å². The second-order valence-corrected chi connectivity index (χ2v) is 7.63. The number of rotatable bonds is 8. The summed E-state index contributed by atoms with van der Waals surface area (Å²) in [6.45, 7) is 6.22. The Balaban J connectivity index is 1.75. The summed E-state index contributed by atoms with van der Waals surface area (Å²) in [5.41, 5.74) is 4.89. The molecule has 152 valence electrons. The van der Waals surface area contributed by atoms with E-state index >= 15 is 0 Å². The maximum atomic E-state index is 12.7. The van der Waals surface area contributed by atoms with Crippen molar-refractivity contribution in [1.82, 2.24) is 4.98 Å². The average molecular weight is 413 g/mol. The zero-order valence-electron chi connectivity index (χ0n) is 17.1. The normalized spacial score (nSPS) is 12.1. The highest BCUT2D eigenvalue weighted by Gasteiger charge is 2.18. The Labute approximate surface area is 176 Å². The lowest BCUT2D eigenvalue weighted by molar-refractivity contribution is -0.906. The molecule has 5 nitrogen and oxygen atoms in total. The van der Waals surface area contributed by atoms with Gasteiger partial charge in [-0.05, 0) is 43.2 Å². The van der Waals surface area contributed by atoms with E-state index in [1.165, 1.54) is 0 Å². The van der Waals surface area contributed by atoms with Crippen molar-refractivity contribution in [3.05, 3.63) is 70.4 Å². The standard InChI is InChI=1S/C23H26ClN3O2/c1-16-7-6-10-20(17(16)2)25-22(28)15-27(11-12-29-3)14-19-13-18-8-4-5-9-21(18)26-23(19)24/h4-10,13H,11-12,14-15H2,1-3H3,(H,25,28)/p+1. The predicted molar refractivity (Wildman–Crippen MR) is 118 cm³/mol. The van der Waals surface area contributed by atoms with Crippen molar-refractivity contribution >= 4 is 34.1 Å². The Morgan fingerprint density at radius 3 is 2.76 bits per heavy atom. The van der Waals surface area contributed by atoms with Crippen LogP contribution >= 0.6 is 11.6 Å². The molecule has 0 aliphatic rings. The molecule has 0 spiro atoms. The maximum Gasteiger partial charge on any atom is 0.279 e. The van der Waals surface area contributed by atoms with Crippen LogP contribution in [0.15, 0.2) is 48.5 Å². The molecule has 2 N–H and O–H groups in total. The fourth-order valence-corrected chi connectivity index (χ4v) is 3.54. The summed E-state index contributed by atoms with van der Waals surface area (Å²) in [6, 6.07) is 15.9. The number of quaternary nitrogens is 1. The second-order valence-electron chi connectivity index (χ2n) is 7.27. The first kappa shape index (κ1) is 21.2. The van der Waals surface area contributed by atoms with Gasteiger partial charge in [0.2, 0.25) is 0 Å². The lowest BCUT2D eigenvalue weighted by Gasteiger charge is -2.20. The maximum absolute atomic E-state index is 12.7. The van der Waals surface area contributed by atoms with Crippen molar-refractivity contribution in [1.29, 1.82) is 0 Å². The first-order valence-corrected chi connectivity index (χ1v) is 10.1. The number of amides is 1. The summed E-state index contributed by atoms with van der Waals surface area (Å²) in [7, 11) is 1.67. The lowest BCUT2D eigenvalue weighted by atomic mass is 10.1. The fraction of sp³-hybridized carbons (Fsp3) is 0.304. The molecule has 0 radical (unpaired) electrons. The van der Waals surface area contributed by atoms with Gasteiger partial charge in [0.1, 0.15) is 18.2 Å². The molecule has 2 aromatic carbocycles. The first-order valence-electron chi connectivity index (χ1n) is 9.70. The molecule has 0 fully saturated rings. The van der Waals surface area contributed by atoms with Gasteiger partial charge in [0.05, 0.1) is 12.1 Å². The number of hydrogen-bond acceptors (Lipinski definition) is 3. The van der Waals surface area contributed by atoms with Gasteiger partial charge in [-0.15, -0.1) is 0 Å². The van der Waals surface area contributed by atoms with Crippen LogP contribution in [0.2, 0.25) is 5.15 Å². The van der Waals surface area contributed by atoms with Crippen molar-refractivity contribution in [2.24, 2.45) is 0 Å². The summed E-state index contributed by atoms with van der Waals surface area (Å²) in [4.78, 5) is 18.3. The van der Waals surface area contributed by atoms with E-state index in [0.717, 1.165) is 38.2 Å². The third-order valence-electron chi connectivity index (χ3n) is 5.14. The Morgan fingerprint density at radius 2 is 1.97 bits per heavy atom. The molecule has 1 heterocycles. The number of hydrogen-bond donors (Lipinski definition) is 2. The molecule has 0 saturated carbocycles. The van der Waals surface area contributed by atoms with Gasteiger partial charge in [0.25, 0.3) is 5.91 Å². The molecular weight excluding hydrogens is 386 g/mol. The van der Waals surface area contributed by atoms with E-state index in [4.69, 9.17) is 16.3 Å². The minimum absolute atomic E-state index is 0.0327. The van der Waals surface area contributed by atoms with Crippen molar-refractivity contribution < 1.29 is 14.4 Å². The highest BCUT2D eigenvalue weighted by Crippen LogP contribution is 2.20. The molecule has 1 atom stereocenters. The van der Waals surface area contributed by atoms with Crippen molar-refractivity contribution in [2.75, 3.05) is 32.1 Å². The summed E-state index contributed by atoms with van der Waals surface area (Å²) < 4.78 is 5.24. The summed E-state index contributed by atoms with van der Waals surface area (Å²) in [6.07, 6.45) is 0. The number of halogens is 1. The molecule has 0 saturated heterocycles. The molecule has 1 aromatic heterocycles. The molecule has 0 aliphatic carbocycles. The topological polar surface area (TPSA) is 55.7 Å². The molecule has 6 heteroatoms. The molecule has 0 aliphatic heterocycles. The van der Waals surface area contributed by atoms with Crippen LogP contribution in [-0.2, 0) is 16.1 Å². The van der Waals surface area contributed by atoms with Gasteiger partial charge < -0.3 is 15.0 Å². The van der Waals surface area contributed by atoms with E-state index in [9.17, 15) is 4.79 Å². The van der Waals surface area contributed by atoms with Gasteiger partial charge in [-0.1, -0.05) is 41.9 Å². The van der Waals surface area contributed by atoms with Crippen molar-refractivity contribution in [2.45, 2.75) is 20.4 Å². The summed E-state index contributed by atoms with van der Waals surface area (Å²) in [5, 5.41) is 4.56. The van der Waals surface area contributed by atoms with Crippen molar-refractivity contribution in [3.8, 4) is 0 Å². The van der Waals surface area contributed by atoms with Gasteiger partial charge >= 0.3 is 0 Å². The molecule has 3 aromatic rings. The SMILES string of the molecule is COCC[NH+](CC(=O)Nc1cccc(C)c1C)Cc1cc2ccccc2nc1Cl. The minimum Gasteiger partial charge on any atom is -0.379 e. The smallest absolute Gasteiger partial charge is 0.279 e. The quantitative estimate of drug-likeness (QED) is 0.559. The number of aromatic nitrogens is 1. The molecule has 29 heavy (non-hydrogen) atoms. The molecule has 1 amide bonds. The van der Waals surface area contributed by atoms with Crippen LogP contribution in [0.1, 0.15) is 16.7 Å². The highest BCUT2D eigenvalue weighted by atomic mass is 35.5. The van der Waals surface area contributed by atoms with Gasteiger partial charge in [-0.3, -0.25) is 4.79 Å². The fourth-order valence-electron chi connectivity index (χ4n) is 3.32. The number of nitrogens with one attached hydrogen (secondary N) is 2. The number of carbonyl (C=O) groups is 1. The number of nitrogens with zero attached hydrogens (tertiary/aromatic N) is 1. The number of para-hydroxylation sites is 1. The molecule has 0 bridgehead atoms. The lowest BCUT2D eigenvalue weighted by Crippen LogP contribution is -3.12. The average Bonchev–Trinajstić information content (AvgIpc) is 2.70. The number of ether oxygens (including phenoxy) is 1. The van der Waals surface area contributed by atoms with E-state index in [-0.39, 0.29) is 5.91 Å². The Bertz CT molecular complexity index is 1010. The van der Waals surface area contributed by atoms with Crippen LogP contribution in [-0.4, -0.2) is 37.7 Å². The van der Waals surface area contributed by atoms with Crippen LogP contribution in [0.4, 0.5) is 5.69 Å². The zero-order valence-corrected chi connectivity index (χ0v) is 17.8. The van der Waals surface area contributed by atoms with E-state index in [1.54, 1.807) is 7.11 Å². The van der Waals surface area contributed by atoms with E-state index in [1.807, 2.05) is 56.3 Å². The van der Waals surface area contributed by atoms with Crippen LogP contribution < -0.4 is 10.2 Å². The Hall–Kier alpha value is -2.47. The third kappa shape index (κ3) is 5.54. The van der Waals surface area contributed by atoms with Crippen LogP contribution in [0.25, 0.3) is 10.9 Å². The summed E-state index contributed by atoms with van der Waals surface area (Å²) in [5.74, 6) is -0.0327. The van der Waals surface area contributed by atoms with E-state index in [2.05, 4.69) is 16.4 Å². The largest absolute Gasteiger partial charge is 0.379 e. The van der Waals surface area contributed by atoms with Crippen LogP contribution in [0.3, 0.4) is 0 Å². The second kappa shape index (κ2) is 9.83. The number of carbonyl (C=O) groups excluding carboxylic acids is 1. The molecule has 1 unspecified atom stereocenters. The predicted octanol–water partition coefficient (Wildman–Crippen LogP) is 3.18. The highest BCUT2D eigenvalue weighted by molar-refractivity contribution is 6.30. The number of aryl methyl sites for hydroxylation is 1. The zero-order chi connectivity index (χ0) is 20.8. The minimum atomic E-state index is -0.0327. The van der Waals surface area contributed by atoms with Crippen LogP contribution in [0, 0.1) is 13.8 Å². The van der Waals surface area contributed by atoms with Gasteiger partial charge in [-0.2, -0.15) is 0 Å². The van der Waals surface area contributed by atoms with Gasteiger partial charge in [-0.25, -0.2) is 4.98 Å².